The second-order valence-corrected chi connectivity index (χ2v) is 4.67. The monoisotopic (exact) mass is 286 g/mol. The molecule has 0 fully saturated rings. The maximum atomic E-state index is 5.92. The van der Waals surface area contributed by atoms with Crippen LogP contribution < -0.4 is 15.4 Å². The van der Waals surface area contributed by atoms with Gasteiger partial charge in [0.1, 0.15) is 5.75 Å². The normalized spacial score (nSPS) is 10.7. The largest absolute Gasteiger partial charge is 0.496 e. The van der Waals surface area contributed by atoms with E-state index in [1.165, 1.54) is 0 Å². The molecule has 0 saturated carbocycles. The molecule has 0 radical (unpaired) electrons. The molecule has 1 rings (SSSR count). The molecule has 0 bridgehead atoms. The molecule has 1 aromatic carbocycles. The van der Waals surface area contributed by atoms with Crippen molar-refractivity contribution in [3.8, 4) is 5.75 Å². The van der Waals surface area contributed by atoms with E-state index >= 15 is 0 Å². The van der Waals surface area contributed by atoms with E-state index in [0.717, 1.165) is 50.5 Å². The Labute approximate surface area is 120 Å². The van der Waals surface area contributed by atoms with Crippen molar-refractivity contribution in [2.45, 2.75) is 13.0 Å². The Kier molecular flexibility index (Phi) is 8.58. The van der Waals surface area contributed by atoms with Gasteiger partial charge < -0.3 is 20.1 Å². The summed E-state index contributed by atoms with van der Waals surface area (Å²) in [6, 6.07) is 5.71. The molecule has 108 valence electrons. The molecule has 0 spiro atoms. The van der Waals surface area contributed by atoms with Crippen LogP contribution in [-0.4, -0.2) is 40.5 Å². The first-order chi connectivity index (χ1) is 9.27. The summed E-state index contributed by atoms with van der Waals surface area (Å²) < 4.78 is 10.3. The van der Waals surface area contributed by atoms with Crippen LogP contribution in [-0.2, 0) is 11.3 Å². The Balaban J connectivity index is 2.15. The summed E-state index contributed by atoms with van der Waals surface area (Å²) in [5.74, 6) is 0.832. The fraction of sp³-hybridized carbons (Fsp3) is 0.571. The first kappa shape index (κ1) is 16.2. The molecule has 19 heavy (non-hydrogen) atoms. The van der Waals surface area contributed by atoms with Crippen LogP contribution in [0.1, 0.15) is 12.0 Å². The lowest BCUT2D eigenvalue weighted by Crippen LogP contribution is -2.24. The van der Waals surface area contributed by atoms with E-state index in [1.807, 2.05) is 18.2 Å². The number of halogens is 1. The van der Waals surface area contributed by atoms with Gasteiger partial charge in [-0.25, -0.2) is 0 Å². The average molecular weight is 287 g/mol. The highest BCUT2D eigenvalue weighted by molar-refractivity contribution is 6.30. The van der Waals surface area contributed by atoms with Crippen molar-refractivity contribution in [3.05, 3.63) is 28.8 Å². The lowest BCUT2D eigenvalue weighted by molar-refractivity contribution is 0.199. The Morgan fingerprint density at radius 1 is 1.11 bits per heavy atom. The van der Waals surface area contributed by atoms with Gasteiger partial charge in [0.15, 0.2) is 0 Å². The third-order valence-electron chi connectivity index (χ3n) is 2.75. The van der Waals surface area contributed by atoms with E-state index in [2.05, 4.69) is 10.6 Å². The zero-order valence-electron chi connectivity index (χ0n) is 11.7. The van der Waals surface area contributed by atoms with Crippen molar-refractivity contribution in [2.75, 3.05) is 40.5 Å². The highest BCUT2D eigenvalue weighted by Crippen LogP contribution is 2.22. The van der Waals surface area contributed by atoms with Crippen molar-refractivity contribution in [1.29, 1.82) is 0 Å². The average Bonchev–Trinajstić information content (AvgIpc) is 2.43. The first-order valence-corrected chi connectivity index (χ1v) is 6.88. The third kappa shape index (κ3) is 6.78. The zero-order chi connectivity index (χ0) is 13.9. The van der Waals surface area contributed by atoms with E-state index in [9.17, 15) is 0 Å². The highest BCUT2D eigenvalue weighted by Gasteiger charge is 2.02. The smallest absolute Gasteiger partial charge is 0.124 e. The minimum absolute atomic E-state index is 0.697. The summed E-state index contributed by atoms with van der Waals surface area (Å²) in [4.78, 5) is 0. The topological polar surface area (TPSA) is 42.5 Å². The lowest BCUT2D eigenvalue weighted by Gasteiger charge is -2.10. The number of hydrogen-bond donors (Lipinski definition) is 2. The van der Waals surface area contributed by atoms with Gasteiger partial charge in [0.05, 0.1) is 13.7 Å². The second-order valence-electron chi connectivity index (χ2n) is 4.23. The Bertz CT molecular complexity index is 361. The Morgan fingerprint density at radius 3 is 2.63 bits per heavy atom. The zero-order valence-corrected chi connectivity index (χ0v) is 12.4. The van der Waals surface area contributed by atoms with Gasteiger partial charge in [-0.1, -0.05) is 17.7 Å². The van der Waals surface area contributed by atoms with Crippen molar-refractivity contribution in [2.24, 2.45) is 0 Å². The SMILES string of the molecule is COCCNCCCNCc1ccc(Cl)cc1OC. The van der Waals surface area contributed by atoms with Crippen LogP contribution >= 0.6 is 11.6 Å². The molecule has 1 aromatic rings. The summed E-state index contributed by atoms with van der Waals surface area (Å²) in [5.41, 5.74) is 1.12. The summed E-state index contributed by atoms with van der Waals surface area (Å²) >= 11 is 5.92. The van der Waals surface area contributed by atoms with Crippen LogP contribution in [0.25, 0.3) is 0 Å². The predicted molar refractivity (Wildman–Crippen MR) is 79.1 cm³/mol. The molecular weight excluding hydrogens is 264 g/mol. The molecule has 0 aliphatic carbocycles. The second kappa shape index (κ2) is 10.0. The van der Waals surface area contributed by atoms with E-state index in [1.54, 1.807) is 14.2 Å². The van der Waals surface area contributed by atoms with Crippen molar-refractivity contribution >= 4 is 11.6 Å². The van der Waals surface area contributed by atoms with Gasteiger partial charge in [-0.05, 0) is 31.6 Å². The van der Waals surface area contributed by atoms with E-state index in [0.29, 0.717) is 5.02 Å². The maximum Gasteiger partial charge on any atom is 0.124 e. The Morgan fingerprint density at radius 2 is 1.89 bits per heavy atom. The van der Waals surface area contributed by atoms with Gasteiger partial charge in [0.25, 0.3) is 0 Å². The van der Waals surface area contributed by atoms with E-state index in [-0.39, 0.29) is 0 Å². The van der Waals surface area contributed by atoms with Gasteiger partial charge in [-0.15, -0.1) is 0 Å². The van der Waals surface area contributed by atoms with Gasteiger partial charge in [0.2, 0.25) is 0 Å². The van der Waals surface area contributed by atoms with Gasteiger partial charge >= 0.3 is 0 Å². The van der Waals surface area contributed by atoms with Gasteiger partial charge in [-0.2, -0.15) is 0 Å². The van der Waals surface area contributed by atoms with Crippen LogP contribution in [0.5, 0.6) is 5.75 Å². The van der Waals surface area contributed by atoms with Crippen LogP contribution in [0.4, 0.5) is 0 Å². The molecule has 5 heteroatoms. The van der Waals surface area contributed by atoms with Crippen LogP contribution in [0, 0.1) is 0 Å². The number of nitrogens with one attached hydrogen (secondary N) is 2. The standard InChI is InChI=1S/C14H23ClN2O2/c1-18-9-8-16-6-3-7-17-11-12-4-5-13(15)10-14(12)19-2/h4-5,10,16-17H,3,6-9,11H2,1-2H3. The van der Waals surface area contributed by atoms with Crippen molar-refractivity contribution in [3.63, 3.8) is 0 Å². The third-order valence-corrected chi connectivity index (χ3v) is 2.99. The number of rotatable bonds is 10. The van der Waals surface area contributed by atoms with Crippen molar-refractivity contribution < 1.29 is 9.47 Å². The minimum atomic E-state index is 0.697. The molecule has 0 amide bonds. The lowest BCUT2D eigenvalue weighted by atomic mass is 10.2. The van der Waals surface area contributed by atoms with Crippen LogP contribution in [0.3, 0.4) is 0 Å². The summed E-state index contributed by atoms with van der Waals surface area (Å²) in [5, 5.41) is 7.40. The summed E-state index contributed by atoms with van der Waals surface area (Å²) in [6.45, 7) is 4.41. The summed E-state index contributed by atoms with van der Waals surface area (Å²) in [7, 11) is 3.37. The maximum absolute atomic E-state index is 5.92. The van der Waals surface area contributed by atoms with Gasteiger partial charge in [-0.3, -0.25) is 0 Å². The molecule has 0 heterocycles. The molecule has 0 aromatic heterocycles. The fourth-order valence-electron chi connectivity index (χ4n) is 1.73. The minimum Gasteiger partial charge on any atom is -0.496 e. The number of methoxy groups -OCH3 is 2. The first-order valence-electron chi connectivity index (χ1n) is 6.50. The Hall–Kier alpha value is -0.810. The molecule has 0 unspecified atom stereocenters. The highest BCUT2D eigenvalue weighted by atomic mass is 35.5. The summed E-state index contributed by atoms with van der Waals surface area (Å²) in [6.07, 6.45) is 1.08. The quantitative estimate of drug-likeness (QED) is 0.646. The molecule has 2 N–H and O–H groups in total. The number of ether oxygens (including phenoxy) is 2. The molecular formula is C14H23ClN2O2. The van der Waals surface area contributed by atoms with E-state index in [4.69, 9.17) is 21.1 Å². The van der Waals surface area contributed by atoms with Crippen LogP contribution in [0.15, 0.2) is 18.2 Å². The molecule has 0 atom stereocenters. The van der Waals surface area contributed by atoms with Crippen LogP contribution in [0.2, 0.25) is 5.02 Å². The van der Waals surface area contributed by atoms with Gasteiger partial charge in [0, 0.05) is 30.8 Å². The predicted octanol–water partition coefficient (Wildman–Crippen LogP) is 2.06. The molecule has 0 aliphatic rings. The molecule has 0 saturated heterocycles. The molecule has 4 nitrogen and oxygen atoms in total. The van der Waals surface area contributed by atoms with Crippen molar-refractivity contribution in [1.82, 2.24) is 10.6 Å². The number of hydrogen-bond acceptors (Lipinski definition) is 4. The number of benzene rings is 1. The molecule has 0 aliphatic heterocycles. The van der Waals surface area contributed by atoms with E-state index < -0.39 is 0 Å². The fourth-order valence-corrected chi connectivity index (χ4v) is 1.89.